The predicted octanol–water partition coefficient (Wildman–Crippen LogP) is 4.87. The number of anilines is 1. The highest BCUT2D eigenvalue weighted by Crippen LogP contribution is 2.34. The van der Waals surface area contributed by atoms with Gasteiger partial charge >= 0.3 is 5.97 Å². The highest BCUT2D eigenvalue weighted by molar-refractivity contribution is 6.30. The van der Waals surface area contributed by atoms with E-state index in [-0.39, 0.29) is 17.4 Å². The number of ether oxygens (including phenoxy) is 2. The molecule has 1 amide bonds. The Morgan fingerprint density at radius 3 is 2.54 bits per heavy atom. The smallest absolute Gasteiger partial charge is 0.328 e. The van der Waals surface area contributed by atoms with Gasteiger partial charge in [0.2, 0.25) is 0 Å². The molecule has 0 spiro atoms. The number of amides is 1. The van der Waals surface area contributed by atoms with Crippen LogP contribution in [0.2, 0.25) is 5.02 Å². The van der Waals surface area contributed by atoms with Gasteiger partial charge < -0.3 is 14.8 Å². The first-order chi connectivity index (χ1) is 19.9. The third-order valence-electron chi connectivity index (χ3n) is 7.17. The van der Waals surface area contributed by atoms with Gasteiger partial charge in [-0.2, -0.15) is 5.10 Å². The van der Waals surface area contributed by atoms with Crippen LogP contribution < -0.4 is 10.3 Å². The van der Waals surface area contributed by atoms with Crippen LogP contribution in [0.1, 0.15) is 53.5 Å². The van der Waals surface area contributed by atoms with Gasteiger partial charge in [0.1, 0.15) is 11.6 Å². The second kappa shape index (κ2) is 12.6. The van der Waals surface area contributed by atoms with Crippen molar-refractivity contribution in [3.8, 4) is 0 Å². The molecule has 0 saturated heterocycles. The Bertz CT molecular complexity index is 1470. The molecule has 2 aliphatic rings. The molecule has 2 atom stereocenters. The highest BCUT2D eigenvalue weighted by Gasteiger charge is 2.34. The summed E-state index contributed by atoms with van der Waals surface area (Å²) in [5.41, 5.74) is 3.99. The van der Waals surface area contributed by atoms with E-state index in [1.54, 1.807) is 5.01 Å². The number of benzene rings is 2. The number of carbonyl (C=O) groups is 2. The van der Waals surface area contributed by atoms with Gasteiger partial charge in [-0.15, -0.1) is 0 Å². The van der Waals surface area contributed by atoms with Crippen molar-refractivity contribution in [2.45, 2.75) is 32.2 Å². The number of aromatic nitrogens is 2. The van der Waals surface area contributed by atoms with E-state index >= 15 is 0 Å². The predicted molar refractivity (Wildman–Crippen MR) is 158 cm³/mol. The van der Waals surface area contributed by atoms with Crippen LogP contribution in [0.4, 0.5) is 5.82 Å². The maximum Gasteiger partial charge on any atom is 0.328 e. The lowest BCUT2D eigenvalue weighted by molar-refractivity contribution is -0.144. The number of hydrogen-bond acceptors (Lipinski definition) is 8. The molecule has 0 saturated carbocycles. The van der Waals surface area contributed by atoms with Gasteiger partial charge in [0.25, 0.3) is 5.91 Å². The van der Waals surface area contributed by atoms with E-state index in [9.17, 15) is 9.59 Å². The summed E-state index contributed by atoms with van der Waals surface area (Å²) in [4.78, 5) is 35.5. The molecular formula is C31H32ClN5O4. The zero-order chi connectivity index (χ0) is 28.9. The van der Waals surface area contributed by atoms with Crippen molar-refractivity contribution in [2.75, 3.05) is 31.9 Å². The van der Waals surface area contributed by atoms with Gasteiger partial charge in [-0.1, -0.05) is 74.0 Å². The van der Waals surface area contributed by atoms with E-state index in [0.717, 1.165) is 22.4 Å². The van der Waals surface area contributed by atoms with Gasteiger partial charge in [0, 0.05) is 17.1 Å². The van der Waals surface area contributed by atoms with Gasteiger partial charge in [0.05, 0.1) is 32.6 Å². The maximum absolute atomic E-state index is 13.7. The largest absolute Gasteiger partial charge is 0.467 e. The van der Waals surface area contributed by atoms with Crippen molar-refractivity contribution < 1.29 is 19.1 Å². The first-order valence-electron chi connectivity index (χ1n) is 13.6. The molecule has 212 valence electrons. The Morgan fingerprint density at radius 2 is 1.88 bits per heavy atom. The average Bonchev–Trinajstić information content (AvgIpc) is 3.45. The topological polar surface area (TPSA) is 106 Å². The molecule has 9 nitrogen and oxygen atoms in total. The quantitative estimate of drug-likeness (QED) is 0.383. The average molecular weight is 574 g/mol. The van der Waals surface area contributed by atoms with E-state index in [4.69, 9.17) is 31.2 Å². The number of carbonyl (C=O) groups excluding carboxylic acids is 2. The Kier molecular flexibility index (Phi) is 8.75. The first-order valence-corrected chi connectivity index (χ1v) is 13.9. The summed E-state index contributed by atoms with van der Waals surface area (Å²) < 4.78 is 10.4. The summed E-state index contributed by atoms with van der Waals surface area (Å²) in [5.74, 6) is -0.411. The van der Waals surface area contributed by atoms with Crippen molar-refractivity contribution >= 4 is 40.6 Å². The molecule has 1 N–H and O–H groups in total. The number of hydrogen-bond donors (Lipinski definition) is 1. The second-order valence-electron chi connectivity index (χ2n) is 10.2. The number of nitrogens with one attached hydrogen (secondary N) is 1. The second-order valence-corrected chi connectivity index (χ2v) is 10.7. The lowest BCUT2D eigenvalue weighted by Crippen LogP contribution is -2.45. The van der Waals surface area contributed by atoms with E-state index in [1.807, 2.05) is 62.4 Å². The number of esters is 1. The van der Waals surface area contributed by atoms with Crippen molar-refractivity contribution in [1.82, 2.24) is 15.3 Å². The molecule has 41 heavy (non-hydrogen) atoms. The monoisotopic (exact) mass is 573 g/mol. The minimum Gasteiger partial charge on any atom is -0.467 e. The summed E-state index contributed by atoms with van der Waals surface area (Å²) >= 11 is 6.18. The number of halogens is 1. The zero-order valence-electron chi connectivity index (χ0n) is 23.2. The summed E-state index contributed by atoms with van der Waals surface area (Å²) in [6.07, 6.45) is 4.12. The highest BCUT2D eigenvalue weighted by atomic mass is 35.5. The summed E-state index contributed by atoms with van der Waals surface area (Å²) in [7, 11) is 1.30. The molecule has 1 aromatic heterocycles. The molecule has 5 rings (SSSR count). The van der Waals surface area contributed by atoms with Crippen molar-refractivity contribution in [2.24, 2.45) is 11.0 Å². The van der Waals surface area contributed by atoms with Gasteiger partial charge in [-0.05, 0) is 41.2 Å². The zero-order valence-corrected chi connectivity index (χ0v) is 24.0. The maximum atomic E-state index is 13.7. The van der Waals surface area contributed by atoms with Crippen molar-refractivity contribution in [1.29, 1.82) is 0 Å². The van der Waals surface area contributed by atoms with E-state index < -0.39 is 17.9 Å². The lowest BCUT2D eigenvalue weighted by atomic mass is 9.90. The van der Waals surface area contributed by atoms with Crippen LogP contribution in [0.25, 0.3) is 5.57 Å². The molecule has 2 aliphatic heterocycles. The fourth-order valence-corrected chi connectivity index (χ4v) is 5.05. The Morgan fingerprint density at radius 1 is 1.12 bits per heavy atom. The normalized spacial score (nSPS) is 17.6. The lowest BCUT2D eigenvalue weighted by Gasteiger charge is -2.23. The van der Waals surface area contributed by atoms with Crippen LogP contribution in [0.3, 0.4) is 0 Å². The summed E-state index contributed by atoms with van der Waals surface area (Å²) in [6.45, 7) is 5.18. The molecular weight excluding hydrogens is 542 g/mol. The van der Waals surface area contributed by atoms with Crippen LogP contribution in [0.5, 0.6) is 0 Å². The van der Waals surface area contributed by atoms with E-state index in [0.29, 0.717) is 42.8 Å². The third-order valence-corrected chi connectivity index (χ3v) is 7.42. The molecule has 1 unspecified atom stereocenters. The Hall–Kier alpha value is -4.08. The molecule has 0 bridgehead atoms. The molecule has 0 radical (unpaired) electrons. The van der Waals surface area contributed by atoms with E-state index in [2.05, 4.69) is 22.4 Å². The Balaban J connectivity index is 1.59. The fraction of sp³-hybridized carbons (Fsp3) is 0.323. The summed E-state index contributed by atoms with van der Waals surface area (Å²) in [6, 6.07) is 16.8. The van der Waals surface area contributed by atoms with Gasteiger partial charge in [0.15, 0.2) is 11.6 Å². The van der Waals surface area contributed by atoms with Crippen molar-refractivity contribution in [3.63, 3.8) is 0 Å². The van der Waals surface area contributed by atoms with Crippen LogP contribution in [-0.2, 0) is 14.3 Å². The summed E-state index contributed by atoms with van der Waals surface area (Å²) in [5, 5.41) is 10.2. The standard InChI is InChI=1S/C31H32ClN5O4/c1-19(2)26(31(39)40-3)34-30(38)24-17-33-28(22-13-15-41-16-14-22)35-29(24)37-18-25(20-7-5-4-6-8-20)27(36-37)21-9-11-23(32)12-10-21/h4-13,17,19,25-26H,14-16,18H2,1-3H3,(H,34,38)/t25?,26-/m0/s1. The van der Waals surface area contributed by atoms with Crippen LogP contribution in [0.15, 0.2) is 72.0 Å². The number of hydrazone groups is 1. The third kappa shape index (κ3) is 6.31. The SMILES string of the molecule is COC(=O)[C@@H](NC(=O)c1cnc(C2=CCOCC2)nc1N1CC(c2ccccc2)C(c2ccc(Cl)cc2)=N1)C(C)C. The molecule has 2 aromatic carbocycles. The van der Waals surface area contributed by atoms with Crippen LogP contribution in [0, 0.1) is 5.92 Å². The molecule has 10 heteroatoms. The van der Waals surface area contributed by atoms with Crippen LogP contribution >= 0.6 is 11.6 Å². The Labute approximate surface area is 244 Å². The molecule has 0 aliphatic carbocycles. The molecule has 0 fully saturated rings. The van der Waals surface area contributed by atoms with Crippen molar-refractivity contribution in [3.05, 3.63) is 94.4 Å². The molecule has 3 heterocycles. The van der Waals surface area contributed by atoms with Crippen LogP contribution in [-0.4, -0.2) is 60.5 Å². The van der Waals surface area contributed by atoms with Gasteiger partial charge in [-0.3, -0.25) is 4.79 Å². The fourth-order valence-electron chi connectivity index (χ4n) is 4.92. The number of nitrogens with zero attached hydrogens (tertiary/aromatic N) is 4. The van der Waals surface area contributed by atoms with E-state index in [1.165, 1.54) is 13.3 Å². The minimum absolute atomic E-state index is 0.0903. The number of methoxy groups -OCH3 is 1. The molecule has 3 aromatic rings. The number of rotatable bonds is 8. The minimum atomic E-state index is -0.831. The first kappa shape index (κ1) is 28.4. The van der Waals surface area contributed by atoms with Gasteiger partial charge in [-0.25, -0.2) is 19.8 Å².